The molecule has 13 heteroatoms. The van der Waals surface area contributed by atoms with Gasteiger partial charge in [0.2, 0.25) is 0 Å². The molecule has 0 bridgehead atoms. The van der Waals surface area contributed by atoms with E-state index in [1.807, 2.05) is 0 Å². The molecule has 1 saturated heterocycles. The lowest BCUT2D eigenvalue weighted by atomic mass is 10.2. The molecular formula is C15H17F7N2O2S2. The molecule has 0 N–H and O–H groups in total. The molecule has 0 aromatic heterocycles. The number of nitrogens with zero attached hydrogens (tertiary/aromatic N) is 2. The zero-order valence-electron chi connectivity index (χ0n) is 14.6. The van der Waals surface area contributed by atoms with E-state index >= 15 is 0 Å². The van der Waals surface area contributed by atoms with Crippen LogP contribution in [-0.2, 0) is 10.0 Å². The SMILES string of the molecule is Cc1cc(F)c(N2CCN(S(=O)(=O)C(F)(F)F)CC2)cc1SCCC(F)(F)F. The molecule has 0 spiro atoms. The topological polar surface area (TPSA) is 40.6 Å². The van der Waals surface area contributed by atoms with Crippen molar-refractivity contribution in [1.82, 2.24) is 4.31 Å². The normalized spacial score (nSPS) is 17.2. The van der Waals surface area contributed by atoms with Crippen LogP contribution in [0, 0.1) is 12.7 Å². The van der Waals surface area contributed by atoms with E-state index in [1.165, 1.54) is 17.9 Å². The van der Waals surface area contributed by atoms with Crippen molar-refractivity contribution < 1.29 is 39.2 Å². The van der Waals surface area contributed by atoms with E-state index in [2.05, 4.69) is 0 Å². The minimum absolute atomic E-state index is 0.0177. The monoisotopic (exact) mass is 454 g/mol. The number of benzene rings is 1. The van der Waals surface area contributed by atoms with E-state index in [0.29, 0.717) is 10.5 Å². The number of hydrogen-bond acceptors (Lipinski definition) is 4. The van der Waals surface area contributed by atoms with E-state index in [4.69, 9.17) is 0 Å². The molecule has 1 fully saturated rings. The van der Waals surface area contributed by atoms with Gasteiger partial charge in [-0.15, -0.1) is 11.8 Å². The van der Waals surface area contributed by atoms with E-state index in [1.54, 1.807) is 0 Å². The molecule has 1 aliphatic heterocycles. The van der Waals surface area contributed by atoms with Gasteiger partial charge in [-0.25, -0.2) is 12.8 Å². The van der Waals surface area contributed by atoms with Crippen molar-refractivity contribution in [3.8, 4) is 0 Å². The van der Waals surface area contributed by atoms with Crippen molar-refractivity contribution in [1.29, 1.82) is 0 Å². The summed E-state index contributed by atoms with van der Waals surface area (Å²) in [5.74, 6) is -0.933. The second-order valence-electron chi connectivity index (χ2n) is 6.12. The van der Waals surface area contributed by atoms with E-state index in [-0.39, 0.29) is 28.8 Å². The Morgan fingerprint density at radius 3 is 2.11 bits per heavy atom. The molecule has 0 atom stereocenters. The van der Waals surface area contributed by atoms with Gasteiger partial charge in [-0.05, 0) is 24.6 Å². The van der Waals surface area contributed by atoms with E-state index < -0.39 is 47.0 Å². The minimum atomic E-state index is -5.45. The lowest BCUT2D eigenvalue weighted by Gasteiger charge is -2.35. The van der Waals surface area contributed by atoms with Gasteiger partial charge in [0.05, 0.1) is 12.1 Å². The van der Waals surface area contributed by atoms with Crippen LogP contribution in [0.4, 0.5) is 36.4 Å². The number of piperazine rings is 1. The molecule has 1 aromatic rings. The van der Waals surface area contributed by atoms with Gasteiger partial charge >= 0.3 is 21.7 Å². The lowest BCUT2D eigenvalue weighted by Crippen LogP contribution is -2.52. The van der Waals surface area contributed by atoms with E-state index in [9.17, 15) is 39.2 Å². The Bertz CT molecular complexity index is 802. The maximum absolute atomic E-state index is 14.3. The number of anilines is 1. The number of alkyl halides is 6. The summed E-state index contributed by atoms with van der Waals surface area (Å²) in [6, 6.07) is 2.49. The zero-order chi connectivity index (χ0) is 21.3. The molecule has 0 radical (unpaired) electrons. The standard InChI is InChI=1S/C15H17F7N2O2S2/c1-10-8-11(16)12(9-13(10)27-7-2-14(17,18)19)23-3-5-24(6-4-23)28(25,26)15(20,21)22/h8-9H,2-7H2,1H3. The Labute approximate surface area is 161 Å². The zero-order valence-corrected chi connectivity index (χ0v) is 16.2. The van der Waals surface area contributed by atoms with Crippen molar-refractivity contribution >= 4 is 27.5 Å². The van der Waals surface area contributed by atoms with Crippen LogP contribution in [0.2, 0.25) is 0 Å². The molecule has 28 heavy (non-hydrogen) atoms. The Morgan fingerprint density at radius 1 is 1.04 bits per heavy atom. The molecule has 0 amide bonds. The van der Waals surface area contributed by atoms with Gasteiger partial charge in [0.25, 0.3) is 0 Å². The average Bonchev–Trinajstić information content (AvgIpc) is 2.55. The number of halogens is 7. The third kappa shape index (κ3) is 5.44. The average molecular weight is 454 g/mol. The Kier molecular flexibility index (Phi) is 6.81. The van der Waals surface area contributed by atoms with Crippen molar-refractivity contribution in [3.05, 3.63) is 23.5 Å². The van der Waals surface area contributed by atoms with Gasteiger partial charge in [-0.1, -0.05) is 0 Å². The molecular weight excluding hydrogens is 437 g/mol. The summed E-state index contributed by atoms with van der Waals surface area (Å²) in [6.45, 7) is 0.220. The molecule has 2 rings (SSSR count). The van der Waals surface area contributed by atoms with Gasteiger partial charge in [0, 0.05) is 36.8 Å². The third-order valence-corrected chi connectivity index (χ3v) is 6.89. The summed E-state index contributed by atoms with van der Waals surface area (Å²) in [6.07, 6.45) is -5.33. The first-order valence-electron chi connectivity index (χ1n) is 8.03. The fourth-order valence-corrected chi connectivity index (χ4v) is 4.60. The second kappa shape index (κ2) is 8.27. The summed E-state index contributed by atoms with van der Waals surface area (Å²) >= 11 is 0.901. The molecule has 1 aliphatic rings. The van der Waals surface area contributed by atoms with Crippen LogP contribution in [0.1, 0.15) is 12.0 Å². The fraction of sp³-hybridized carbons (Fsp3) is 0.600. The number of sulfonamides is 1. The van der Waals surface area contributed by atoms with Gasteiger partial charge in [-0.3, -0.25) is 0 Å². The molecule has 1 heterocycles. The first-order chi connectivity index (χ1) is 12.7. The highest BCUT2D eigenvalue weighted by molar-refractivity contribution is 7.99. The maximum atomic E-state index is 14.3. The molecule has 0 saturated carbocycles. The van der Waals surface area contributed by atoms with Crippen molar-refractivity contribution in [3.63, 3.8) is 0 Å². The summed E-state index contributed by atoms with van der Waals surface area (Å²) in [7, 11) is -5.45. The van der Waals surface area contributed by atoms with Crippen molar-refractivity contribution in [2.45, 2.75) is 29.9 Å². The molecule has 160 valence electrons. The Morgan fingerprint density at radius 2 is 1.61 bits per heavy atom. The summed E-state index contributed by atoms with van der Waals surface area (Å²) in [5.41, 5.74) is -4.96. The number of aryl methyl sites for hydroxylation is 1. The predicted molar refractivity (Wildman–Crippen MR) is 91.3 cm³/mol. The summed E-state index contributed by atoms with van der Waals surface area (Å²) in [4.78, 5) is 1.80. The van der Waals surface area contributed by atoms with Crippen LogP contribution < -0.4 is 4.90 Å². The highest BCUT2D eigenvalue weighted by Crippen LogP contribution is 2.34. The smallest absolute Gasteiger partial charge is 0.366 e. The highest BCUT2D eigenvalue weighted by atomic mass is 32.2. The van der Waals surface area contributed by atoms with Crippen LogP contribution in [0.3, 0.4) is 0 Å². The van der Waals surface area contributed by atoms with Crippen LogP contribution in [0.25, 0.3) is 0 Å². The van der Waals surface area contributed by atoms with Gasteiger partial charge in [0.1, 0.15) is 5.82 Å². The van der Waals surface area contributed by atoms with Crippen molar-refractivity contribution in [2.75, 3.05) is 36.8 Å². The Hall–Kier alpha value is -1.21. The highest BCUT2D eigenvalue weighted by Gasteiger charge is 2.50. The number of thioether (sulfide) groups is 1. The summed E-state index contributed by atoms with van der Waals surface area (Å²) < 4.78 is 112. The van der Waals surface area contributed by atoms with Crippen LogP contribution in [0.15, 0.2) is 17.0 Å². The Balaban J connectivity index is 2.11. The first kappa shape index (κ1) is 23.1. The molecule has 1 aromatic carbocycles. The van der Waals surface area contributed by atoms with Crippen LogP contribution in [0.5, 0.6) is 0 Å². The van der Waals surface area contributed by atoms with Gasteiger partial charge in [0.15, 0.2) is 0 Å². The molecule has 4 nitrogen and oxygen atoms in total. The molecule has 0 aliphatic carbocycles. The van der Waals surface area contributed by atoms with Gasteiger partial charge < -0.3 is 4.90 Å². The largest absolute Gasteiger partial charge is 0.511 e. The first-order valence-corrected chi connectivity index (χ1v) is 10.5. The lowest BCUT2D eigenvalue weighted by molar-refractivity contribution is -0.129. The second-order valence-corrected chi connectivity index (χ2v) is 9.19. The van der Waals surface area contributed by atoms with E-state index in [0.717, 1.165) is 17.8 Å². The quantitative estimate of drug-likeness (QED) is 0.495. The number of rotatable bonds is 5. The van der Waals surface area contributed by atoms with Gasteiger partial charge in [-0.2, -0.15) is 30.6 Å². The number of hydrogen-bond donors (Lipinski definition) is 0. The minimum Gasteiger partial charge on any atom is -0.366 e. The third-order valence-electron chi connectivity index (χ3n) is 4.10. The van der Waals surface area contributed by atoms with Crippen LogP contribution in [-0.4, -0.2) is 56.3 Å². The molecule has 0 unspecified atom stereocenters. The van der Waals surface area contributed by atoms with Crippen LogP contribution >= 0.6 is 11.8 Å². The predicted octanol–water partition coefficient (Wildman–Crippen LogP) is 4.15. The summed E-state index contributed by atoms with van der Waals surface area (Å²) in [5, 5.41) is 0. The maximum Gasteiger partial charge on any atom is 0.511 e. The van der Waals surface area contributed by atoms with Crippen molar-refractivity contribution in [2.24, 2.45) is 0 Å². The fourth-order valence-electron chi connectivity index (χ4n) is 2.63.